The maximum Gasteiger partial charge on any atom is -0.0100 e. The van der Waals surface area contributed by atoms with Gasteiger partial charge in [-0.25, -0.2) is 0 Å². The van der Waals surface area contributed by atoms with Gasteiger partial charge in [0.1, 0.15) is 0 Å². The van der Waals surface area contributed by atoms with Gasteiger partial charge in [0.25, 0.3) is 0 Å². The highest BCUT2D eigenvalue weighted by atomic mass is 35.7. The van der Waals surface area contributed by atoms with Crippen LogP contribution < -0.4 is 0 Å². The molecule has 2 unspecified atom stereocenters. The summed E-state index contributed by atoms with van der Waals surface area (Å²) in [6.45, 7) is 4.33. The van der Waals surface area contributed by atoms with E-state index in [9.17, 15) is 0 Å². The minimum Gasteiger partial charge on any atom is -0.0964 e. The van der Waals surface area contributed by atoms with E-state index in [2.05, 4.69) is 13.8 Å². The molecule has 0 saturated carbocycles. The predicted octanol–water partition coefficient (Wildman–Crippen LogP) is 5.08. The lowest BCUT2D eigenvalue weighted by molar-refractivity contribution is 0.899. The molecule has 0 aromatic carbocycles. The lowest BCUT2D eigenvalue weighted by Crippen LogP contribution is -1.87. The van der Waals surface area contributed by atoms with E-state index in [0.29, 0.717) is 0 Å². The number of halogens is 2. The molecule has 0 aliphatic rings. The summed E-state index contributed by atoms with van der Waals surface area (Å²) in [6, 6.07) is 0. The van der Waals surface area contributed by atoms with E-state index in [4.69, 9.17) is 22.5 Å². The fourth-order valence-electron chi connectivity index (χ4n) is 0.883. The third-order valence-electron chi connectivity index (χ3n) is 1.74. The van der Waals surface area contributed by atoms with E-state index in [1.807, 2.05) is 0 Å². The topological polar surface area (TPSA) is 0 Å². The molecule has 12 heavy (non-hydrogen) atoms. The van der Waals surface area contributed by atoms with Crippen LogP contribution in [0.3, 0.4) is 0 Å². The van der Waals surface area contributed by atoms with Crippen molar-refractivity contribution in [1.82, 2.24) is 0 Å². The smallest absolute Gasteiger partial charge is 0.0100 e. The first-order valence-electron chi connectivity index (χ1n) is 4.52. The van der Waals surface area contributed by atoms with Gasteiger partial charge in [-0.3, -0.25) is 0 Å². The van der Waals surface area contributed by atoms with Crippen LogP contribution in [0.4, 0.5) is 0 Å². The van der Waals surface area contributed by atoms with E-state index in [-0.39, 0.29) is 14.5 Å². The average Bonchev–Trinajstić information content (AvgIpc) is 2.11. The molecular weight excluding hydrogens is 229 g/mol. The highest BCUT2D eigenvalue weighted by Gasteiger charge is 2.02. The monoisotopic (exact) mass is 246 g/mol. The molecule has 74 valence electrons. The summed E-state index contributed by atoms with van der Waals surface area (Å²) in [6.07, 6.45) is 7.29. The van der Waals surface area contributed by atoms with Crippen molar-refractivity contribution in [3.63, 3.8) is 0 Å². The lowest BCUT2D eigenvalue weighted by Gasteiger charge is -2.08. The molecule has 2 atom stereocenters. The molecule has 0 radical (unpaired) electrons. The van der Waals surface area contributed by atoms with Gasteiger partial charge in [0, 0.05) is 0 Å². The molecule has 0 N–H and O–H groups in total. The summed E-state index contributed by atoms with van der Waals surface area (Å²) in [4.78, 5) is 0. The van der Waals surface area contributed by atoms with Crippen LogP contribution in [0, 0.1) is 0 Å². The first kappa shape index (κ1) is 13.4. The van der Waals surface area contributed by atoms with Crippen molar-refractivity contribution >= 4 is 37.0 Å². The summed E-state index contributed by atoms with van der Waals surface area (Å²) in [5, 5.41) is 0. The fourth-order valence-corrected chi connectivity index (χ4v) is 3.37. The fraction of sp³-hybridized carbons (Fsp3) is 1.00. The van der Waals surface area contributed by atoms with Crippen molar-refractivity contribution in [2.75, 3.05) is 24.6 Å². The van der Waals surface area contributed by atoms with E-state index >= 15 is 0 Å². The molecule has 0 spiro atoms. The maximum absolute atomic E-state index is 6.05. The van der Waals surface area contributed by atoms with Crippen LogP contribution >= 0.6 is 37.0 Å². The van der Waals surface area contributed by atoms with E-state index in [0.717, 1.165) is 12.3 Å². The minimum atomic E-state index is -0.177. The molecule has 0 aromatic rings. The van der Waals surface area contributed by atoms with Crippen molar-refractivity contribution in [2.24, 2.45) is 0 Å². The van der Waals surface area contributed by atoms with Crippen LogP contribution in [0.25, 0.3) is 0 Å². The van der Waals surface area contributed by atoms with Gasteiger partial charge in [0.05, 0.1) is 0 Å². The highest BCUT2D eigenvalue weighted by molar-refractivity contribution is 7.84. The molecule has 0 rings (SSSR count). The van der Waals surface area contributed by atoms with Crippen molar-refractivity contribution in [1.29, 1.82) is 0 Å². The zero-order valence-corrected chi connectivity index (χ0v) is 11.2. The van der Waals surface area contributed by atoms with Crippen molar-refractivity contribution < 1.29 is 0 Å². The maximum atomic E-state index is 6.05. The zero-order chi connectivity index (χ0) is 9.40. The summed E-state index contributed by atoms with van der Waals surface area (Å²) >= 11 is 12.1. The van der Waals surface area contributed by atoms with E-state index in [1.54, 1.807) is 0 Å². The molecule has 0 heterocycles. The molecule has 4 heteroatoms. The molecule has 0 amide bonds. The van der Waals surface area contributed by atoms with Crippen LogP contribution in [-0.4, -0.2) is 24.6 Å². The molecule has 0 aromatic heterocycles. The predicted molar refractivity (Wildman–Crippen MR) is 65.6 cm³/mol. The SMILES string of the molecule is CCP(Cl)CCCCP(Cl)CC. The summed E-state index contributed by atoms with van der Waals surface area (Å²) in [7, 11) is -0.354. The van der Waals surface area contributed by atoms with Gasteiger partial charge in [-0.2, -0.15) is 0 Å². The highest BCUT2D eigenvalue weighted by Crippen LogP contribution is 2.44. The van der Waals surface area contributed by atoms with Crippen LogP contribution in [0.5, 0.6) is 0 Å². The van der Waals surface area contributed by atoms with Crippen LogP contribution in [0.15, 0.2) is 0 Å². The summed E-state index contributed by atoms with van der Waals surface area (Å²) in [5.41, 5.74) is 0. The standard InChI is InChI=1S/C8H18Cl2P2/c1-3-11(9)7-5-6-8-12(10)4-2/h3-8H2,1-2H3. The van der Waals surface area contributed by atoms with Gasteiger partial charge in [0.15, 0.2) is 0 Å². The largest absolute Gasteiger partial charge is 0.0964 e. The van der Waals surface area contributed by atoms with E-state index < -0.39 is 0 Å². The Morgan fingerprint density at radius 2 is 1.17 bits per heavy atom. The van der Waals surface area contributed by atoms with Crippen molar-refractivity contribution in [3.05, 3.63) is 0 Å². The van der Waals surface area contributed by atoms with Gasteiger partial charge in [-0.05, 0) is 52.0 Å². The normalized spacial score (nSPS) is 16.0. The second kappa shape index (κ2) is 9.01. The van der Waals surface area contributed by atoms with Gasteiger partial charge in [0.2, 0.25) is 0 Å². The summed E-state index contributed by atoms with van der Waals surface area (Å²) < 4.78 is 0. The Hall–Kier alpha value is 1.44. The van der Waals surface area contributed by atoms with Crippen LogP contribution in [0.1, 0.15) is 26.7 Å². The quantitative estimate of drug-likeness (QED) is 0.434. The Kier molecular flexibility index (Phi) is 10.1. The van der Waals surface area contributed by atoms with Gasteiger partial charge < -0.3 is 0 Å². The Morgan fingerprint density at radius 3 is 1.42 bits per heavy atom. The third-order valence-corrected chi connectivity index (χ3v) is 7.16. The number of hydrogen-bond donors (Lipinski definition) is 0. The van der Waals surface area contributed by atoms with E-state index in [1.165, 1.54) is 25.2 Å². The molecule has 0 aliphatic carbocycles. The Bertz CT molecular complexity index is 89.1. The second-order valence-corrected chi connectivity index (χ2v) is 9.59. The average molecular weight is 247 g/mol. The first-order valence-corrected chi connectivity index (χ1v) is 9.75. The summed E-state index contributed by atoms with van der Waals surface area (Å²) in [5.74, 6) is 0. The number of unbranched alkanes of at least 4 members (excludes halogenated alkanes) is 1. The van der Waals surface area contributed by atoms with Crippen molar-refractivity contribution in [3.8, 4) is 0 Å². The molecule has 0 aliphatic heterocycles. The Labute approximate surface area is 88.5 Å². The Balaban J connectivity index is 3.10. The second-order valence-electron chi connectivity index (χ2n) is 2.71. The Morgan fingerprint density at radius 1 is 0.833 bits per heavy atom. The molecular formula is C8H18Cl2P2. The number of rotatable bonds is 7. The minimum absolute atomic E-state index is 0.177. The zero-order valence-electron chi connectivity index (χ0n) is 7.89. The van der Waals surface area contributed by atoms with Crippen LogP contribution in [0.2, 0.25) is 0 Å². The number of hydrogen-bond acceptors (Lipinski definition) is 0. The molecule has 0 nitrogen and oxygen atoms in total. The van der Waals surface area contributed by atoms with Gasteiger partial charge >= 0.3 is 0 Å². The van der Waals surface area contributed by atoms with Crippen LogP contribution in [-0.2, 0) is 0 Å². The van der Waals surface area contributed by atoms with Gasteiger partial charge in [-0.1, -0.05) is 36.3 Å². The van der Waals surface area contributed by atoms with Crippen molar-refractivity contribution in [2.45, 2.75) is 26.7 Å². The molecule has 0 saturated heterocycles. The molecule has 0 fully saturated rings. The molecule has 0 bridgehead atoms. The first-order chi connectivity index (χ1) is 5.70. The lowest BCUT2D eigenvalue weighted by atomic mass is 10.4. The third kappa shape index (κ3) is 8.06. The van der Waals surface area contributed by atoms with Gasteiger partial charge in [-0.15, -0.1) is 0 Å².